The van der Waals surface area contributed by atoms with E-state index in [-0.39, 0.29) is 24.5 Å². The Hall–Kier alpha value is -2.28. The number of rotatable bonds is 6. The summed E-state index contributed by atoms with van der Waals surface area (Å²) in [6, 6.07) is 3.49. The van der Waals surface area contributed by atoms with Crippen LogP contribution in [-0.4, -0.2) is 58.9 Å². The van der Waals surface area contributed by atoms with E-state index < -0.39 is 24.2 Å². The molecule has 0 atom stereocenters. The van der Waals surface area contributed by atoms with Gasteiger partial charge in [0.1, 0.15) is 18.0 Å². The molecule has 104 valence electrons. The van der Waals surface area contributed by atoms with Crippen molar-refractivity contribution in [2.75, 3.05) is 26.8 Å². The van der Waals surface area contributed by atoms with Crippen LogP contribution in [0.15, 0.2) is 18.2 Å². The van der Waals surface area contributed by atoms with Crippen molar-refractivity contribution in [2.45, 2.75) is 0 Å². The second-order valence-corrected chi connectivity index (χ2v) is 3.81. The summed E-state index contributed by atoms with van der Waals surface area (Å²) >= 11 is 0. The number of hydrogen-bond acceptors (Lipinski definition) is 5. The predicted molar refractivity (Wildman–Crippen MR) is 65.2 cm³/mol. The zero-order valence-corrected chi connectivity index (χ0v) is 10.4. The number of nitrogens with zero attached hydrogens (tertiary/aromatic N) is 1. The highest BCUT2D eigenvalue weighted by atomic mass is 16.5. The van der Waals surface area contributed by atoms with Crippen LogP contribution in [0.2, 0.25) is 0 Å². The Morgan fingerprint density at radius 2 is 2.00 bits per heavy atom. The number of hydrogen-bond donors (Lipinski definition) is 3. The minimum Gasteiger partial charge on any atom is -0.508 e. The number of aromatic hydroxyl groups is 2. The van der Waals surface area contributed by atoms with Gasteiger partial charge in [0.2, 0.25) is 0 Å². The molecule has 0 heterocycles. The van der Waals surface area contributed by atoms with Gasteiger partial charge in [0, 0.05) is 19.7 Å². The highest BCUT2D eigenvalue weighted by molar-refractivity contribution is 5.98. The number of benzene rings is 1. The number of aliphatic carboxylic acids is 1. The third-order valence-corrected chi connectivity index (χ3v) is 2.39. The third kappa shape index (κ3) is 4.14. The quantitative estimate of drug-likeness (QED) is 0.684. The molecular formula is C12H15NO6. The molecule has 0 unspecified atom stereocenters. The van der Waals surface area contributed by atoms with Crippen LogP contribution in [0.1, 0.15) is 10.4 Å². The van der Waals surface area contributed by atoms with E-state index >= 15 is 0 Å². The number of carbonyl (C=O) groups excluding carboxylic acids is 1. The van der Waals surface area contributed by atoms with Crippen molar-refractivity contribution in [3.63, 3.8) is 0 Å². The lowest BCUT2D eigenvalue weighted by atomic mass is 10.1. The summed E-state index contributed by atoms with van der Waals surface area (Å²) in [5.41, 5.74) is -0.0739. The Kier molecular flexibility index (Phi) is 5.13. The van der Waals surface area contributed by atoms with Crippen LogP contribution in [0.4, 0.5) is 0 Å². The first-order valence-electron chi connectivity index (χ1n) is 5.47. The minimum atomic E-state index is -1.16. The lowest BCUT2D eigenvalue weighted by Gasteiger charge is -2.20. The van der Waals surface area contributed by atoms with Gasteiger partial charge in [-0.15, -0.1) is 0 Å². The standard InChI is InChI=1S/C12H15NO6/c1-19-5-4-13(7-11(16)17)12(18)9-3-2-8(14)6-10(9)15/h2-3,6,14-15H,4-5,7H2,1H3,(H,16,17). The molecule has 0 fully saturated rings. The summed E-state index contributed by atoms with van der Waals surface area (Å²) in [5, 5.41) is 27.5. The van der Waals surface area contributed by atoms with Crippen LogP contribution >= 0.6 is 0 Å². The van der Waals surface area contributed by atoms with Crippen molar-refractivity contribution in [1.29, 1.82) is 0 Å². The monoisotopic (exact) mass is 269 g/mol. The van der Waals surface area contributed by atoms with Crippen LogP contribution in [0.5, 0.6) is 11.5 Å². The lowest BCUT2D eigenvalue weighted by Crippen LogP contribution is -2.38. The van der Waals surface area contributed by atoms with Crippen LogP contribution in [0.25, 0.3) is 0 Å². The Bertz CT molecular complexity index is 473. The van der Waals surface area contributed by atoms with Crippen molar-refractivity contribution in [2.24, 2.45) is 0 Å². The molecule has 0 aliphatic heterocycles. The largest absolute Gasteiger partial charge is 0.508 e. The van der Waals surface area contributed by atoms with E-state index in [9.17, 15) is 14.7 Å². The van der Waals surface area contributed by atoms with E-state index in [0.717, 1.165) is 11.0 Å². The molecule has 0 aromatic heterocycles. The van der Waals surface area contributed by atoms with Gasteiger partial charge in [0.15, 0.2) is 0 Å². The topological polar surface area (TPSA) is 107 Å². The molecule has 19 heavy (non-hydrogen) atoms. The first-order valence-corrected chi connectivity index (χ1v) is 5.47. The molecule has 0 saturated carbocycles. The summed E-state index contributed by atoms with van der Waals surface area (Å²) in [5.74, 6) is -2.40. The van der Waals surface area contributed by atoms with Gasteiger partial charge in [-0.25, -0.2) is 0 Å². The van der Waals surface area contributed by atoms with Crippen molar-refractivity contribution < 1.29 is 29.6 Å². The number of ether oxygens (including phenoxy) is 1. The number of carboxylic acids is 1. The molecule has 0 saturated heterocycles. The van der Waals surface area contributed by atoms with E-state index in [0.29, 0.717) is 0 Å². The van der Waals surface area contributed by atoms with Gasteiger partial charge >= 0.3 is 5.97 Å². The number of amides is 1. The fourth-order valence-electron chi connectivity index (χ4n) is 1.49. The van der Waals surface area contributed by atoms with Crippen molar-refractivity contribution in [3.05, 3.63) is 23.8 Å². The third-order valence-electron chi connectivity index (χ3n) is 2.39. The molecule has 3 N–H and O–H groups in total. The second kappa shape index (κ2) is 6.60. The molecule has 0 aliphatic carbocycles. The first kappa shape index (κ1) is 14.8. The molecule has 1 amide bonds. The summed E-state index contributed by atoms with van der Waals surface area (Å²) in [4.78, 5) is 23.8. The van der Waals surface area contributed by atoms with Gasteiger partial charge in [0.05, 0.1) is 12.2 Å². The Labute approximate surface area is 109 Å². The zero-order valence-electron chi connectivity index (χ0n) is 10.4. The summed E-state index contributed by atoms with van der Waals surface area (Å²) in [6.45, 7) is -0.234. The number of carboxylic acid groups (broad SMARTS) is 1. The average Bonchev–Trinajstić information content (AvgIpc) is 2.33. The van der Waals surface area contributed by atoms with E-state index in [1.807, 2.05) is 0 Å². The maximum absolute atomic E-state index is 12.1. The van der Waals surface area contributed by atoms with Gasteiger partial charge in [-0.3, -0.25) is 9.59 Å². The maximum atomic E-state index is 12.1. The molecule has 0 radical (unpaired) electrons. The molecule has 0 bridgehead atoms. The summed E-state index contributed by atoms with van der Waals surface area (Å²) in [6.07, 6.45) is 0. The number of phenols is 2. The van der Waals surface area contributed by atoms with Gasteiger partial charge in [-0.2, -0.15) is 0 Å². The smallest absolute Gasteiger partial charge is 0.323 e. The number of carbonyl (C=O) groups is 2. The Balaban J connectivity index is 2.93. The molecule has 7 nitrogen and oxygen atoms in total. The van der Waals surface area contributed by atoms with Gasteiger partial charge in [0.25, 0.3) is 5.91 Å². The SMILES string of the molecule is COCCN(CC(=O)O)C(=O)c1ccc(O)cc1O. The second-order valence-electron chi connectivity index (χ2n) is 3.81. The van der Waals surface area contributed by atoms with E-state index in [1.165, 1.54) is 19.2 Å². The number of phenolic OH excluding ortho intramolecular Hbond substituents is 2. The molecule has 0 spiro atoms. The van der Waals surface area contributed by atoms with Crippen LogP contribution in [-0.2, 0) is 9.53 Å². The molecule has 1 aromatic carbocycles. The zero-order chi connectivity index (χ0) is 14.4. The highest BCUT2D eigenvalue weighted by Crippen LogP contribution is 2.23. The van der Waals surface area contributed by atoms with Crippen molar-refractivity contribution in [1.82, 2.24) is 4.90 Å². The van der Waals surface area contributed by atoms with E-state index in [4.69, 9.17) is 14.9 Å². The molecule has 1 rings (SSSR count). The van der Waals surface area contributed by atoms with Gasteiger partial charge in [-0.1, -0.05) is 0 Å². The van der Waals surface area contributed by atoms with Gasteiger partial charge in [-0.05, 0) is 12.1 Å². The number of methoxy groups -OCH3 is 1. The van der Waals surface area contributed by atoms with Gasteiger partial charge < -0.3 is 25.0 Å². The predicted octanol–water partition coefficient (Wildman–Crippen LogP) is 0.271. The maximum Gasteiger partial charge on any atom is 0.323 e. The molecule has 1 aromatic rings. The highest BCUT2D eigenvalue weighted by Gasteiger charge is 2.21. The minimum absolute atomic E-state index is 0.0739. The Morgan fingerprint density at radius 3 is 2.53 bits per heavy atom. The normalized spacial score (nSPS) is 10.2. The van der Waals surface area contributed by atoms with E-state index in [2.05, 4.69) is 0 Å². The van der Waals surface area contributed by atoms with Crippen molar-refractivity contribution in [3.8, 4) is 11.5 Å². The summed E-state index contributed by atoms with van der Waals surface area (Å²) in [7, 11) is 1.43. The van der Waals surface area contributed by atoms with Crippen molar-refractivity contribution >= 4 is 11.9 Å². The molecule has 0 aliphatic rings. The van der Waals surface area contributed by atoms with Crippen LogP contribution in [0, 0.1) is 0 Å². The first-order chi connectivity index (χ1) is 8.95. The Morgan fingerprint density at radius 1 is 1.32 bits per heavy atom. The molecule has 7 heteroatoms. The fourth-order valence-corrected chi connectivity index (χ4v) is 1.49. The lowest BCUT2D eigenvalue weighted by molar-refractivity contribution is -0.137. The van der Waals surface area contributed by atoms with Crippen LogP contribution in [0.3, 0.4) is 0 Å². The molecular weight excluding hydrogens is 254 g/mol. The van der Waals surface area contributed by atoms with E-state index in [1.54, 1.807) is 0 Å². The van der Waals surface area contributed by atoms with Crippen LogP contribution < -0.4 is 0 Å². The average molecular weight is 269 g/mol. The summed E-state index contributed by atoms with van der Waals surface area (Å²) < 4.78 is 4.80. The fraction of sp³-hybridized carbons (Fsp3) is 0.333.